The molecule has 9 heteroatoms. The smallest absolute Gasteiger partial charge is 0.416 e. The molecular formula is C26H24F3N3O2S. The molecule has 1 N–H and O–H groups in total. The van der Waals surface area contributed by atoms with Gasteiger partial charge in [0.05, 0.1) is 18.2 Å². The van der Waals surface area contributed by atoms with Gasteiger partial charge in [0.15, 0.2) is 5.69 Å². The summed E-state index contributed by atoms with van der Waals surface area (Å²) >= 11 is 1.56. The summed E-state index contributed by atoms with van der Waals surface area (Å²) in [5.41, 5.74) is 0.956. The average Bonchev–Trinajstić information content (AvgIpc) is 3.52. The largest absolute Gasteiger partial charge is 0.447 e. The minimum Gasteiger partial charge on any atom is -0.447 e. The SMILES string of the molecule is C[C@@H](NC(=O)c1coc(CN(Cc2cccc(C(F)(F)F)c2)Cc2cccs2)n1)c1ccccc1. The Labute approximate surface area is 205 Å². The van der Waals surface area contributed by atoms with E-state index in [-0.39, 0.29) is 30.7 Å². The second-order valence-electron chi connectivity index (χ2n) is 8.15. The van der Waals surface area contributed by atoms with Crippen molar-refractivity contribution in [2.75, 3.05) is 0 Å². The van der Waals surface area contributed by atoms with Crippen molar-refractivity contribution in [2.45, 2.75) is 38.8 Å². The highest BCUT2D eigenvalue weighted by Gasteiger charge is 2.30. The number of aromatic nitrogens is 1. The van der Waals surface area contributed by atoms with Crippen LogP contribution in [0.3, 0.4) is 0 Å². The van der Waals surface area contributed by atoms with Crippen molar-refractivity contribution in [1.29, 1.82) is 0 Å². The zero-order chi connectivity index (χ0) is 24.8. The number of rotatable bonds is 9. The van der Waals surface area contributed by atoms with Crippen molar-refractivity contribution in [2.24, 2.45) is 0 Å². The Balaban J connectivity index is 1.46. The van der Waals surface area contributed by atoms with Crippen LogP contribution in [0, 0.1) is 0 Å². The van der Waals surface area contributed by atoms with Gasteiger partial charge in [-0.15, -0.1) is 11.3 Å². The van der Waals surface area contributed by atoms with Crippen molar-refractivity contribution in [3.63, 3.8) is 0 Å². The standard InChI is InChI=1S/C26H24F3N3O2S/c1-18(20-8-3-2-4-9-20)30-25(33)23-17-34-24(31-23)16-32(15-22-11-6-12-35-22)14-19-7-5-10-21(13-19)26(27,28)29/h2-13,17-18H,14-16H2,1H3,(H,30,33)/t18-/m1/s1. The van der Waals surface area contributed by atoms with Gasteiger partial charge in [-0.2, -0.15) is 13.2 Å². The molecule has 2 heterocycles. The second kappa shape index (κ2) is 10.9. The predicted molar refractivity (Wildman–Crippen MR) is 128 cm³/mol. The molecule has 0 aliphatic carbocycles. The van der Waals surface area contributed by atoms with Crippen molar-refractivity contribution in [1.82, 2.24) is 15.2 Å². The number of benzene rings is 2. The lowest BCUT2D eigenvalue weighted by molar-refractivity contribution is -0.137. The third-order valence-electron chi connectivity index (χ3n) is 5.41. The summed E-state index contributed by atoms with van der Waals surface area (Å²) in [4.78, 5) is 20.0. The number of hydrogen-bond acceptors (Lipinski definition) is 5. The Morgan fingerprint density at radius 1 is 1.06 bits per heavy atom. The fraction of sp³-hybridized carbons (Fsp3) is 0.231. The van der Waals surface area contributed by atoms with E-state index in [2.05, 4.69) is 10.3 Å². The van der Waals surface area contributed by atoms with Gasteiger partial charge in [0.25, 0.3) is 5.91 Å². The summed E-state index contributed by atoms with van der Waals surface area (Å²) in [5.74, 6) is -0.0508. The van der Waals surface area contributed by atoms with Gasteiger partial charge < -0.3 is 9.73 Å². The van der Waals surface area contributed by atoms with Gasteiger partial charge in [-0.1, -0.05) is 54.6 Å². The van der Waals surface area contributed by atoms with Crippen LogP contribution in [0.15, 0.2) is 82.8 Å². The van der Waals surface area contributed by atoms with Crippen LogP contribution in [-0.2, 0) is 25.8 Å². The van der Waals surface area contributed by atoms with E-state index in [4.69, 9.17) is 4.42 Å². The van der Waals surface area contributed by atoms with E-state index in [0.717, 1.165) is 22.6 Å². The Bertz CT molecular complexity index is 1240. The van der Waals surface area contributed by atoms with Crippen LogP contribution in [0.5, 0.6) is 0 Å². The summed E-state index contributed by atoms with van der Waals surface area (Å²) in [7, 11) is 0. The fourth-order valence-electron chi connectivity index (χ4n) is 3.67. The minimum atomic E-state index is -4.41. The summed E-state index contributed by atoms with van der Waals surface area (Å²) in [6.45, 7) is 2.88. The fourth-order valence-corrected chi connectivity index (χ4v) is 4.42. The van der Waals surface area contributed by atoms with E-state index in [1.165, 1.54) is 12.3 Å². The Morgan fingerprint density at radius 2 is 1.86 bits per heavy atom. The highest BCUT2D eigenvalue weighted by molar-refractivity contribution is 7.09. The minimum absolute atomic E-state index is 0.151. The number of carbonyl (C=O) groups excluding carboxylic acids is 1. The molecule has 0 aliphatic heterocycles. The number of alkyl halides is 3. The number of halogens is 3. The molecule has 2 aromatic carbocycles. The van der Waals surface area contributed by atoms with Crippen molar-refractivity contribution >= 4 is 17.2 Å². The number of nitrogens with zero attached hydrogens (tertiary/aromatic N) is 2. The number of amides is 1. The first-order chi connectivity index (χ1) is 16.8. The van der Waals surface area contributed by atoms with Crippen LogP contribution in [0.2, 0.25) is 0 Å². The van der Waals surface area contributed by atoms with E-state index >= 15 is 0 Å². The molecule has 2 aromatic heterocycles. The van der Waals surface area contributed by atoms with Crippen molar-refractivity contribution in [3.8, 4) is 0 Å². The third kappa shape index (κ3) is 6.80. The molecule has 4 aromatic rings. The molecule has 0 unspecified atom stereocenters. The predicted octanol–water partition coefficient (Wildman–Crippen LogP) is 6.45. The van der Waals surface area contributed by atoms with E-state index in [9.17, 15) is 18.0 Å². The van der Waals surface area contributed by atoms with Gasteiger partial charge in [0, 0.05) is 18.0 Å². The summed E-state index contributed by atoms with van der Waals surface area (Å²) in [6.07, 6.45) is -3.10. The molecular weight excluding hydrogens is 475 g/mol. The number of thiophene rings is 1. The van der Waals surface area contributed by atoms with Crippen LogP contribution in [0.1, 0.15) is 50.9 Å². The number of oxazole rings is 1. The Hall–Kier alpha value is -3.43. The van der Waals surface area contributed by atoms with Crippen LogP contribution in [0.4, 0.5) is 13.2 Å². The first-order valence-electron chi connectivity index (χ1n) is 11.0. The normalized spacial score (nSPS) is 12.6. The molecule has 0 fully saturated rings. The monoisotopic (exact) mass is 499 g/mol. The average molecular weight is 500 g/mol. The van der Waals surface area contributed by atoms with E-state index in [1.54, 1.807) is 17.4 Å². The number of carbonyl (C=O) groups is 1. The zero-order valence-corrected chi connectivity index (χ0v) is 19.8. The first-order valence-corrected chi connectivity index (χ1v) is 11.9. The van der Waals surface area contributed by atoms with Crippen LogP contribution in [-0.4, -0.2) is 15.8 Å². The second-order valence-corrected chi connectivity index (χ2v) is 9.19. The molecule has 35 heavy (non-hydrogen) atoms. The van der Waals surface area contributed by atoms with Gasteiger partial charge in [0.1, 0.15) is 6.26 Å². The van der Waals surface area contributed by atoms with Gasteiger partial charge in [0.2, 0.25) is 5.89 Å². The summed E-state index contributed by atoms with van der Waals surface area (Å²) < 4.78 is 45.0. The molecule has 0 saturated carbocycles. The van der Waals surface area contributed by atoms with Crippen LogP contribution >= 0.6 is 11.3 Å². The first kappa shape index (κ1) is 24.7. The molecule has 0 saturated heterocycles. The third-order valence-corrected chi connectivity index (χ3v) is 6.27. The molecule has 5 nitrogen and oxygen atoms in total. The highest BCUT2D eigenvalue weighted by Crippen LogP contribution is 2.30. The van der Waals surface area contributed by atoms with E-state index < -0.39 is 11.7 Å². The topological polar surface area (TPSA) is 58.4 Å². The molecule has 0 spiro atoms. The van der Waals surface area contributed by atoms with Gasteiger partial charge in [-0.25, -0.2) is 4.98 Å². The van der Waals surface area contributed by atoms with Gasteiger partial charge in [-0.3, -0.25) is 9.69 Å². The molecule has 0 aliphatic rings. The summed E-state index contributed by atoms with van der Waals surface area (Å²) in [6, 6.07) is 18.5. The number of nitrogens with one attached hydrogen (secondary N) is 1. The maximum absolute atomic E-state index is 13.2. The molecule has 182 valence electrons. The van der Waals surface area contributed by atoms with Crippen molar-refractivity contribution in [3.05, 3.63) is 112 Å². The lowest BCUT2D eigenvalue weighted by atomic mass is 10.1. The lowest BCUT2D eigenvalue weighted by Gasteiger charge is -2.21. The van der Waals surface area contributed by atoms with Gasteiger partial charge in [-0.05, 0) is 35.6 Å². The molecule has 4 rings (SSSR count). The molecule has 0 radical (unpaired) electrons. The molecule has 1 amide bonds. The summed E-state index contributed by atoms with van der Waals surface area (Å²) in [5, 5.41) is 4.84. The highest BCUT2D eigenvalue weighted by atomic mass is 32.1. The van der Waals surface area contributed by atoms with Crippen molar-refractivity contribution < 1.29 is 22.4 Å². The Morgan fingerprint density at radius 3 is 2.57 bits per heavy atom. The van der Waals surface area contributed by atoms with E-state index in [0.29, 0.717) is 18.0 Å². The quantitative estimate of drug-likeness (QED) is 0.288. The maximum Gasteiger partial charge on any atom is 0.416 e. The molecule has 0 bridgehead atoms. The van der Waals surface area contributed by atoms with Crippen LogP contribution in [0.25, 0.3) is 0 Å². The Kier molecular flexibility index (Phi) is 7.67. The lowest BCUT2D eigenvalue weighted by Crippen LogP contribution is -2.27. The molecule has 1 atom stereocenters. The van der Waals surface area contributed by atoms with Crippen LogP contribution < -0.4 is 5.32 Å². The number of hydrogen-bond donors (Lipinski definition) is 1. The zero-order valence-electron chi connectivity index (χ0n) is 19.0. The van der Waals surface area contributed by atoms with Gasteiger partial charge >= 0.3 is 6.18 Å². The maximum atomic E-state index is 13.2. The van der Waals surface area contributed by atoms with E-state index in [1.807, 2.05) is 59.7 Å².